The average molecular weight is 310 g/mol. The fraction of sp³-hybridized carbons (Fsp3) is 0.154. The van der Waals surface area contributed by atoms with Crippen LogP contribution in [0.3, 0.4) is 0 Å². The molecular formula is C13H12BrNOS. The van der Waals surface area contributed by atoms with Crippen LogP contribution in [0.15, 0.2) is 39.5 Å². The van der Waals surface area contributed by atoms with Gasteiger partial charge in [0.1, 0.15) is 6.29 Å². The van der Waals surface area contributed by atoms with E-state index in [1.807, 2.05) is 31.3 Å². The van der Waals surface area contributed by atoms with Crippen molar-refractivity contribution in [1.29, 1.82) is 0 Å². The lowest BCUT2D eigenvalue weighted by Gasteiger charge is -2.18. The SMILES string of the molecule is CN(Cc1csc(Br)c1)c1ccc(C=O)cc1. The molecule has 0 spiro atoms. The van der Waals surface area contributed by atoms with Crippen LogP contribution in [0.2, 0.25) is 0 Å². The molecule has 0 fully saturated rings. The molecule has 88 valence electrons. The molecule has 0 saturated carbocycles. The summed E-state index contributed by atoms with van der Waals surface area (Å²) in [6.45, 7) is 0.864. The predicted octanol–water partition coefficient (Wildman–Crippen LogP) is 3.96. The molecule has 4 heteroatoms. The molecule has 2 rings (SSSR count). The van der Waals surface area contributed by atoms with Crippen molar-refractivity contribution in [2.75, 3.05) is 11.9 Å². The van der Waals surface area contributed by atoms with Gasteiger partial charge in [0.2, 0.25) is 0 Å². The largest absolute Gasteiger partial charge is 0.370 e. The van der Waals surface area contributed by atoms with E-state index in [4.69, 9.17) is 0 Å². The molecule has 0 aliphatic carbocycles. The van der Waals surface area contributed by atoms with Gasteiger partial charge in [0.05, 0.1) is 3.79 Å². The Kier molecular flexibility index (Phi) is 3.97. The van der Waals surface area contributed by atoms with Crippen molar-refractivity contribution in [2.45, 2.75) is 6.54 Å². The Labute approximate surface area is 113 Å². The molecule has 17 heavy (non-hydrogen) atoms. The summed E-state index contributed by atoms with van der Waals surface area (Å²) in [6.07, 6.45) is 0.861. The summed E-state index contributed by atoms with van der Waals surface area (Å²) in [5, 5.41) is 2.14. The van der Waals surface area contributed by atoms with E-state index in [9.17, 15) is 4.79 Å². The van der Waals surface area contributed by atoms with Crippen molar-refractivity contribution < 1.29 is 4.79 Å². The molecule has 1 aromatic heterocycles. The van der Waals surface area contributed by atoms with Gasteiger partial charge in [-0.3, -0.25) is 4.79 Å². The number of rotatable bonds is 4. The number of halogens is 1. The van der Waals surface area contributed by atoms with Crippen LogP contribution < -0.4 is 4.90 Å². The van der Waals surface area contributed by atoms with Crippen molar-refractivity contribution in [3.63, 3.8) is 0 Å². The standard InChI is InChI=1S/C13H12BrNOS/c1-15(7-11-6-13(14)17-9-11)12-4-2-10(8-16)3-5-12/h2-6,8-9H,7H2,1H3. The number of aldehydes is 1. The average Bonchev–Trinajstić information content (AvgIpc) is 2.75. The lowest BCUT2D eigenvalue weighted by atomic mass is 10.2. The zero-order valence-corrected chi connectivity index (χ0v) is 11.8. The molecule has 1 heterocycles. The van der Waals surface area contributed by atoms with Gasteiger partial charge in [-0.15, -0.1) is 11.3 Å². The molecule has 0 radical (unpaired) electrons. The molecule has 0 saturated heterocycles. The van der Waals surface area contributed by atoms with Crippen LogP contribution in [0, 0.1) is 0 Å². The number of nitrogens with zero attached hydrogens (tertiary/aromatic N) is 1. The van der Waals surface area contributed by atoms with Crippen molar-refractivity contribution in [3.05, 3.63) is 50.6 Å². The van der Waals surface area contributed by atoms with E-state index in [-0.39, 0.29) is 0 Å². The minimum atomic E-state index is 0.709. The summed E-state index contributed by atoms with van der Waals surface area (Å²) in [6, 6.07) is 9.72. The Morgan fingerprint density at radius 1 is 1.35 bits per heavy atom. The molecule has 0 N–H and O–H groups in total. The van der Waals surface area contributed by atoms with E-state index in [1.165, 1.54) is 5.56 Å². The number of anilines is 1. The van der Waals surface area contributed by atoms with Gasteiger partial charge in [-0.25, -0.2) is 0 Å². The molecular weight excluding hydrogens is 298 g/mol. The van der Waals surface area contributed by atoms with Crippen LogP contribution in [0.4, 0.5) is 5.69 Å². The summed E-state index contributed by atoms with van der Waals surface area (Å²) < 4.78 is 1.15. The first-order chi connectivity index (χ1) is 8.19. The topological polar surface area (TPSA) is 20.3 Å². The molecule has 0 aliphatic rings. The maximum Gasteiger partial charge on any atom is 0.150 e. The summed E-state index contributed by atoms with van der Waals surface area (Å²) in [5.41, 5.74) is 3.10. The molecule has 0 amide bonds. The Hall–Kier alpha value is -1.13. The highest BCUT2D eigenvalue weighted by molar-refractivity contribution is 9.11. The van der Waals surface area contributed by atoms with Gasteiger partial charge in [-0.05, 0) is 57.2 Å². The van der Waals surface area contributed by atoms with Crippen LogP contribution in [-0.4, -0.2) is 13.3 Å². The fourth-order valence-electron chi connectivity index (χ4n) is 1.60. The van der Waals surface area contributed by atoms with E-state index in [2.05, 4.69) is 32.3 Å². The Morgan fingerprint density at radius 3 is 2.59 bits per heavy atom. The monoisotopic (exact) mass is 309 g/mol. The summed E-state index contributed by atoms with van der Waals surface area (Å²) in [7, 11) is 2.04. The normalized spacial score (nSPS) is 10.2. The quantitative estimate of drug-likeness (QED) is 0.797. The number of hydrogen-bond acceptors (Lipinski definition) is 3. The van der Waals surface area contributed by atoms with E-state index in [0.29, 0.717) is 5.56 Å². The minimum absolute atomic E-state index is 0.709. The number of carbonyl (C=O) groups excluding carboxylic acids is 1. The van der Waals surface area contributed by atoms with Gasteiger partial charge in [0, 0.05) is 24.8 Å². The number of hydrogen-bond donors (Lipinski definition) is 0. The molecule has 2 aromatic rings. The third-order valence-corrected chi connectivity index (χ3v) is 4.06. The zero-order chi connectivity index (χ0) is 12.3. The minimum Gasteiger partial charge on any atom is -0.370 e. The molecule has 0 unspecified atom stereocenters. The summed E-state index contributed by atoms with van der Waals surface area (Å²) in [4.78, 5) is 12.7. The van der Waals surface area contributed by atoms with Gasteiger partial charge in [0.15, 0.2) is 0 Å². The highest BCUT2D eigenvalue weighted by Crippen LogP contribution is 2.23. The van der Waals surface area contributed by atoms with Gasteiger partial charge in [-0.1, -0.05) is 0 Å². The van der Waals surface area contributed by atoms with Crippen LogP contribution in [0.5, 0.6) is 0 Å². The number of benzene rings is 1. The zero-order valence-electron chi connectivity index (χ0n) is 9.39. The Bertz CT molecular complexity index is 506. The van der Waals surface area contributed by atoms with Crippen molar-refractivity contribution >= 4 is 39.2 Å². The first-order valence-corrected chi connectivity index (χ1v) is 6.85. The maximum atomic E-state index is 10.6. The lowest BCUT2D eigenvalue weighted by molar-refractivity contribution is 0.112. The van der Waals surface area contributed by atoms with E-state index in [0.717, 1.165) is 22.3 Å². The Balaban J connectivity index is 2.08. The van der Waals surface area contributed by atoms with E-state index >= 15 is 0 Å². The molecule has 2 nitrogen and oxygen atoms in total. The van der Waals surface area contributed by atoms with Gasteiger partial charge in [-0.2, -0.15) is 0 Å². The summed E-state index contributed by atoms with van der Waals surface area (Å²) >= 11 is 5.15. The second-order valence-electron chi connectivity index (χ2n) is 3.82. The van der Waals surface area contributed by atoms with Crippen LogP contribution in [0.1, 0.15) is 15.9 Å². The smallest absolute Gasteiger partial charge is 0.150 e. The summed E-state index contributed by atoms with van der Waals surface area (Å²) in [5.74, 6) is 0. The second kappa shape index (κ2) is 5.47. The number of carbonyl (C=O) groups is 1. The molecule has 1 aromatic carbocycles. The lowest BCUT2D eigenvalue weighted by Crippen LogP contribution is -2.15. The van der Waals surface area contributed by atoms with E-state index in [1.54, 1.807) is 11.3 Å². The van der Waals surface area contributed by atoms with Gasteiger partial charge >= 0.3 is 0 Å². The van der Waals surface area contributed by atoms with Gasteiger partial charge < -0.3 is 4.90 Å². The van der Waals surface area contributed by atoms with Crippen LogP contribution >= 0.6 is 27.3 Å². The highest BCUT2D eigenvalue weighted by atomic mass is 79.9. The number of thiophene rings is 1. The first kappa shape index (κ1) is 12.3. The second-order valence-corrected chi connectivity index (χ2v) is 6.11. The van der Waals surface area contributed by atoms with Gasteiger partial charge in [0.25, 0.3) is 0 Å². The van der Waals surface area contributed by atoms with Crippen LogP contribution in [0.25, 0.3) is 0 Å². The third kappa shape index (κ3) is 3.17. The van der Waals surface area contributed by atoms with Crippen LogP contribution in [-0.2, 0) is 6.54 Å². The third-order valence-electron chi connectivity index (χ3n) is 2.51. The van der Waals surface area contributed by atoms with Crippen molar-refractivity contribution in [1.82, 2.24) is 0 Å². The van der Waals surface area contributed by atoms with Crippen molar-refractivity contribution in [3.8, 4) is 0 Å². The highest BCUT2D eigenvalue weighted by Gasteiger charge is 2.04. The first-order valence-electron chi connectivity index (χ1n) is 5.18. The van der Waals surface area contributed by atoms with Crippen molar-refractivity contribution in [2.24, 2.45) is 0 Å². The molecule has 0 atom stereocenters. The Morgan fingerprint density at radius 2 is 2.06 bits per heavy atom. The molecule has 0 bridgehead atoms. The predicted molar refractivity (Wildman–Crippen MR) is 76.0 cm³/mol. The fourth-order valence-corrected chi connectivity index (χ4v) is 2.80. The molecule has 0 aliphatic heterocycles. The van der Waals surface area contributed by atoms with E-state index < -0.39 is 0 Å². The maximum absolute atomic E-state index is 10.6.